The molecule has 0 amide bonds. The van der Waals surface area contributed by atoms with Crippen molar-refractivity contribution in [2.24, 2.45) is 11.3 Å². The van der Waals surface area contributed by atoms with Crippen molar-refractivity contribution in [2.75, 3.05) is 5.75 Å². The molecule has 14 heavy (non-hydrogen) atoms. The summed E-state index contributed by atoms with van der Waals surface area (Å²) in [7, 11) is 0. The summed E-state index contributed by atoms with van der Waals surface area (Å²) in [6, 6.07) is 0. The van der Waals surface area contributed by atoms with Gasteiger partial charge >= 0.3 is 0 Å². The van der Waals surface area contributed by atoms with Gasteiger partial charge in [-0.15, -0.1) is 0 Å². The average molecular weight is 216 g/mol. The molecule has 0 radical (unpaired) electrons. The van der Waals surface area contributed by atoms with Crippen molar-refractivity contribution in [3.05, 3.63) is 0 Å². The first kappa shape index (κ1) is 13.7. The number of ketones is 1. The van der Waals surface area contributed by atoms with E-state index in [9.17, 15) is 9.59 Å². The van der Waals surface area contributed by atoms with Crippen LogP contribution in [0.3, 0.4) is 0 Å². The second-order valence-electron chi connectivity index (χ2n) is 4.91. The molecule has 0 aliphatic heterocycles. The number of rotatable bonds is 4. The van der Waals surface area contributed by atoms with Gasteiger partial charge in [-0.05, 0) is 5.41 Å². The van der Waals surface area contributed by atoms with Crippen molar-refractivity contribution in [3.8, 4) is 0 Å². The van der Waals surface area contributed by atoms with Gasteiger partial charge in [0.2, 0.25) is 0 Å². The zero-order valence-corrected chi connectivity index (χ0v) is 10.5. The summed E-state index contributed by atoms with van der Waals surface area (Å²) < 4.78 is 0. The summed E-state index contributed by atoms with van der Waals surface area (Å²) in [5, 5.41) is 0.0837. The van der Waals surface area contributed by atoms with Crippen LogP contribution in [0, 0.1) is 11.3 Å². The maximum absolute atomic E-state index is 11.6. The first-order valence-corrected chi connectivity index (χ1v) is 5.87. The Bertz CT molecular complexity index is 216. The van der Waals surface area contributed by atoms with Gasteiger partial charge in [-0.3, -0.25) is 9.59 Å². The minimum absolute atomic E-state index is 0.0110. The number of thioether (sulfide) groups is 1. The van der Waals surface area contributed by atoms with Gasteiger partial charge < -0.3 is 0 Å². The summed E-state index contributed by atoms with van der Waals surface area (Å²) in [6.07, 6.45) is 0.590. The van der Waals surface area contributed by atoms with Crippen LogP contribution >= 0.6 is 11.8 Å². The highest BCUT2D eigenvalue weighted by atomic mass is 32.2. The molecule has 0 bridgehead atoms. The predicted octanol–water partition coefficient (Wildman–Crippen LogP) is 2.91. The van der Waals surface area contributed by atoms with Gasteiger partial charge in [0.1, 0.15) is 5.78 Å². The Morgan fingerprint density at radius 1 is 1.29 bits per heavy atom. The number of carbonyl (C=O) groups is 2. The summed E-state index contributed by atoms with van der Waals surface area (Å²) in [4.78, 5) is 22.4. The lowest BCUT2D eigenvalue weighted by Crippen LogP contribution is -2.20. The molecular weight excluding hydrogens is 196 g/mol. The van der Waals surface area contributed by atoms with Crippen LogP contribution in [0.25, 0.3) is 0 Å². The van der Waals surface area contributed by atoms with Gasteiger partial charge in [0.25, 0.3) is 0 Å². The van der Waals surface area contributed by atoms with Gasteiger partial charge in [0.05, 0.1) is 0 Å². The second kappa shape index (κ2) is 5.54. The Balaban J connectivity index is 3.94. The molecule has 0 rings (SSSR count). The van der Waals surface area contributed by atoms with E-state index in [-0.39, 0.29) is 22.2 Å². The first-order chi connectivity index (χ1) is 6.22. The normalized spacial score (nSPS) is 13.8. The monoisotopic (exact) mass is 216 g/mol. The SMILES string of the molecule is CC(=O)SC[C@@H](C)C(=O)CC(C)(C)C. The molecule has 3 heteroatoms. The number of carbonyl (C=O) groups excluding carboxylic acids is 2. The minimum Gasteiger partial charge on any atom is -0.299 e. The number of hydrogen-bond donors (Lipinski definition) is 0. The molecule has 0 aromatic rings. The Kier molecular flexibility index (Phi) is 5.42. The van der Waals surface area contributed by atoms with Crippen LogP contribution in [0.15, 0.2) is 0 Å². The van der Waals surface area contributed by atoms with Crippen molar-refractivity contribution >= 4 is 22.7 Å². The van der Waals surface area contributed by atoms with Crippen molar-refractivity contribution < 1.29 is 9.59 Å². The van der Waals surface area contributed by atoms with Gasteiger partial charge in [-0.2, -0.15) is 0 Å². The molecule has 82 valence electrons. The molecule has 0 fully saturated rings. The fourth-order valence-electron chi connectivity index (χ4n) is 1.03. The van der Waals surface area contributed by atoms with E-state index in [0.29, 0.717) is 12.2 Å². The van der Waals surface area contributed by atoms with Crippen LogP contribution in [0.1, 0.15) is 41.0 Å². The van der Waals surface area contributed by atoms with Crippen LogP contribution < -0.4 is 0 Å². The van der Waals surface area contributed by atoms with Crippen molar-refractivity contribution in [1.82, 2.24) is 0 Å². The molecule has 0 unspecified atom stereocenters. The van der Waals surface area contributed by atoms with Crippen LogP contribution in [-0.4, -0.2) is 16.7 Å². The molecule has 0 spiro atoms. The smallest absolute Gasteiger partial charge is 0.185 e. The second-order valence-corrected chi connectivity index (χ2v) is 6.10. The van der Waals surface area contributed by atoms with Gasteiger partial charge in [-0.25, -0.2) is 0 Å². The fraction of sp³-hybridized carbons (Fsp3) is 0.818. The van der Waals surface area contributed by atoms with Gasteiger partial charge in [-0.1, -0.05) is 39.5 Å². The molecule has 0 aromatic carbocycles. The third-order valence-electron chi connectivity index (χ3n) is 1.79. The van der Waals surface area contributed by atoms with Gasteiger partial charge in [0, 0.05) is 25.0 Å². The summed E-state index contributed by atoms with van der Waals surface area (Å²) in [5.74, 6) is 0.860. The Morgan fingerprint density at radius 2 is 1.79 bits per heavy atom. The zero-order chi connectivity index (χ0) is 11.4. The Morgan fingerprint density at radius 3 is 2.14 bits per heavy atom. The van der Waals surface area contributed by atoms with Crippen molar-refractivity contribution in [1.29, 1.82) is 0 Å². The topological polar surface area (TPSA) is 34.1 Å². The lowest BCUT2D eigenvalue weighted by molar-refractivity contribution is -0.123. The summed E-state index contributed by atoms with van der Waals surface area (Å²) in [5.41, 5.74) is 0.0479. The lowest BCUT2D eigenvalue weighted by Gasteiger charge is -2.19. The molecule has 0 heterocycles. The molecule has 0 saturated carbocycles. The number of hydrogen-bond acceptors (Lipinski definition) is 3. The highest BCUT2D eigenvalue weighted by Crippen LogP contribution is 2.22. The van der Waals surface area contributed by atoms with E-state index in [0.717, 1.165) is 0 Å². The molecule has 0 aromatic heterocycles. The Hall–Kier alpha value is -0.310. The van der Waals surface area contributed by atoms with Crippen LogP contribution in [0.2, 0.25) is 0 Å². The van der Waals surface area contributed by atoms with Crippen LogP contribution in [0.4, 0.5) is 0 Å². The fourth-order valence-corrected chi connectivity index (χ4v) is 1.70. The summed E-state index contributed by atoms with van der Waals surface area (Å²) in [6.45, 7) is 9.58. The van der Waals surface area contributed by atoms with E-state index < -0.39 is 0 Å². The minimum atomic E-state index is -0.0110. The van der Waals surface area contributed by atoms with E-state index in [1.807, 2.05) is 6.92 Å². The Labute approximate surface area is 90.8 Å². The quantitative estimate of drug-likeness (QED) is 0.724. The number of Topliss-reactive ketones (excluding diaryl/α,β-unsaturated/α-hetero) is 1. The van der Waals surface area contributed by atoms with Crippen molar-refractivity contribution in [2.45, 2.75) is 41.0 Å². The molecule has 0 aliphatic rings. The van der Waals surface area contributed by atoms with E-state index >= 15 is 0 Å². The van der Waals surface area contributed by atoms with Gasteiger partial charge in [0.15, 0.2) is 5.12 Å². The highest BCUT2D eigenvalue weighted by Gasteiger charge is 2.20. The van der Waals surface area contributed by atoms with Crippen molar-refractivity contribution in [3.63, 3.8) is 0 Å². The molecule has 1 atom stereocenters. The highest BCUT2D eigenvalue weighted by molar-refractivity contribution is 8.13. The maximum Gasteiger partial charge on any atom is 0.185 e. The third kappa shape index (κ3) is 7.13. The van der Waals surface area contributed by atoms with E-state index in [1.165, 1.54) is 18.7 Å². The molecule has 0 N–H and O–H groups in total. The predicted molar refractivity (Wildman–Crippen MR) is 61.4 cm³/mol. The zero-order valence-electron chi connectivity index (χ0n) is 9.72. The third-order valence-corrected chi connectivity index (χ3v) is 2.86. The first-order valence-electron chi connectivity index (χ1n) is 4.88. The van der Waals surface area contributed by atoms with E-state index in [2.05, 4.69) is 20.8 Å². The van der Waals surface area contributed by atoms with Crippen LogP contribution in [-0.2, 0) is 9.59 Å². The molecule has 0 saturated heterocycles. The molecular formula is C11H20O2S. The molecule has 2 nitrogen and oxygen atoms in total. The average Bonchev–Trinajstić information content (AvgIpc) is 1.96. The van der Waals surface area contributed by atoms with E-state index in [1.54, 1.807) is 0 Å². The lowest BCUT2D eigenvalue weighted by atomic mass is 9.87. The van der Waals surface area contributed by atoms with Crippen LogP contribution in [0.5, 0.6) is 0 Å². The molecule has 0 aliphatic carbocycles. The largest absolute Gasteiger partial charge is 0.299 e. The van der Waals surface area contributed by atoms with E-state index in [4.69, 9.17) is 0 Å². The summed E-state index contributed by atoms with van der Waals surface area (Å²) >= 11 is 1.23. The maximum atomic E-state index is 11.6. The standard InChI is InChI=1S/C11H20O2S/c1-8(7-14-9(2)12)10(13)6-11(3,4)5/h8H,6-7H2,1-5H3/t8-/m1/s1.